The average Bonchev–Trinajstić information content (AvgIpc) is 2.97. The number of imide groups is 1. The highest BCUT2D eigenvalue weighted by atomic mass is 32.2. The number of ether oxygens (including phenoxy) is 2. The Kier molecular flexibility index (Phi) is 5.65. The Balaban J connectivity index is 2.17. The second-order valence-corrected chi connectivity index (χ2v) is 7.63. The Bertz CT molecular complexity index is 700. The SMILES string of the molecule is C/C=C\C1OC(C)C2C(=O)N(CCC(C(=O)OC)S(=O)(=O)O)C(=O)C12. The van der Waals surface area contributed by atoms with Crippen LogP contribution >= 0.6 is 0 Å². The van der Waals surface area contributed by atoms with E-state index in [4.69, 9.17) is 9.29 Å². The van der Waals surface area contributed by atoms with Crippen molar-refractivity contribution in [2.75, 3.05) is 13.7 Å². The van der Waals surface area contributed by atoms with Gasteiger partial charge < -0.3 is 9.47 Å². The largest absolute Gasteiger partial charge is 0.468 e. The van der Waals surface area contributed by atoms with E-state index in [0.717, 1.165) is 12.0 Å². The van der Waals surface area contributed by atoms with Gasteiger partial charge in [-0.05, 0) is 20.3 Å². The normalized spacial score (nSPS) is 30.8. The van der Waals surface area contributed by atoms with Gasteiger partial charge in [0.1, 0.15) is 0 Å². The van der Waals surface area contributed by atoms with Crippen LogP contribution in [0.15, 0.2) is 12.2 Å². The second-order valence-electron chi connectivity index (χ2n) is 6.03. The molecule has 2 saturated heterocycles. The van der Waals surface area contributed by atoms with Crippen LogP contribution in [0.2, 0.25) is 0 Å². The molecule has 0 aromatic carbocycles. The number of amides is 2. The number of esters is 1. The molecular weight excluding hydrogens is 354 g/mol. The first-order valence-electron chi connectivity index (χ1n) is 7.81. The van der Waals surface area contributed by atoms with Gasteiger partial charge in [-0.2, -0.15) is 8.42 Å². The zero-order valence-corrected chi connectivity index (χ0v) is 14.9. The molecule has 0 aromatic rings. The number of nitrogens with zero attached hydrogens (tertiary/aromatic N) is 1. The number of carbonyl (C=O) groups is 3. The molecular formula is C15H21NO8S. The minimum atomic E-state index is -4.71. The van der Waals surface area contributed by atoms with E-state index in [1.807, 2.05) is 0 Å². The summed E-state index contributed by atoms with van der Waals surface area (Å²) in [6.45, 7) is 3.16. The van der Waals surface area contributed by atoms with Crippen molar-refractivity contribution in [3.05, 3.63) is 12.2 Å². The van der Waals surface area contributed by atoms with Crippen LogP contribution in [0.25, 0.3) is 0 Å². The number of likely N-dealkylation sites (tertiary alicyclic amines) is 1. The van der Waals surface area contributed by atoms with Crippen molar-refractivity contribution in [1.29, 1.82) is 0 Å². The summed E-state index contributed by atoms with van der Waals surface area (Å²) in [6.07, 6.45) is 2.01. The lowest BCUT2D eigenvalue weighted by atomic mass is 9.90. The summed E-state index contributed by atoms with van der Waals surface area (Å²) in [5, 5.41) is -1.85. The summed E-state index contributed by atoms with van der Waals surface area (Å²) in [7, 11) is -3.73. The first-order valence-corrected chi connectivity index (χ1v) is 9.31. The van der Waals surface area contributed by atoms with Crippen molar-refractivity contribution in [2.45, 2.75) is 37.7 Å². The van der Waals surface area contributed by atoms with Gasteiger partial charge in [0.05, 0.1) is 31.2 Å². The lowest BCUT2D eigenvalue weighted by Crippen LogP contribution is -2.40. The fourth-order valence-corrected chi connectivity index (χ4v) is 4.11. The minimum absolute atomic E-state index is 0.306. The van der Waals surface area contributed by atoms with Crippen LogP contribution in [0.5, 0.6) is 0 Å². The Hall–Kier alpha value is -1.78. The number of hydrogen-bond donors (Lipinski definition) is 1. The van der Waals surface area contributed by atoms with Crippen LogP contribution < -0.4 is 0 Å². The molecule has 2 fully saturated rings. The highest BCUT2D eigenvalue weighted by molar-refractivity contribution is 7.87. The van der Waals surface area contributed by atoms with Crippen LogP contribution in [0, 0.1) is 11.8 Å². The Labute approximate surface area is 145 Å². The van der Waals surface area contributed by atoms with Crippen LogP contribution in [-0.4, -0.2) is 66.8 Å². The van der Waals surface area contributed by atoms with E-state index in [2.05, 4.69) is 4.74 Å². The van der Waals surface area contributed by atoms with E-state index >= 15 is 0 Å². The van der Waals surface area contributed by atoms with Gasteiger partial charge in [0.15, 0.2) is 5.25 Å². The Morgan fingerprint density at radius 1 is 1.36 bits per heavy atom. The molecule has 2 aliphatic rings. The van der Waals surface area contributed by atoms with Crippen LogP contribution in [0.3, 0.4) is 0 Å². The van der Waals surface area contributed by atoms with Gasteiger partial charge in [-0.15, -0.1) is 0 Å². The molecule has 0 saturated carbocycles. The van der Waals surface area contributed by atoms with Crippen molar-refractivity contribution < 1.29 is 36.8 Å². The quantitative estimate of drug-likeness (QED) is 0.292. The smallest absolute Gasteiger partial charge is 0.326 e. The van der Waals surface area contributed by atoms with E-state index in [0.29, 0.717) is 0 Å². The predicted octanol–water partition coefficient (Wildman–Crippen LogP) is -0.229. The molecule has 2 heterocycles. The Morgan fingerprint density at radius 2 is 1.96 bits per heavy atom. The molecule has 2 amide bonds. The molecule has 5 atom stereocenters. The van der Waals surface area contributed by atoms with Crippen molar-refractivity contribution in [1.82, 2.24) is 4.90 Å². The van der Waals surface area contributed by atoms with Gasteiger partial charge in [-0.3, -0.25) is 23.8 Å². The monoisotopic (exact) mass is 375 g/mol. The minimum Gasteiger partial charge on any atom is -0.468 e. The highest BCUT2D eigenvalue weighted by Gasteiger charge is 2.57. The molecule has 0 radical (unpaired) electrons. The van der Waals surface area contributed by atoms with E-state index in [1.165, 1.54) is 0 Å². The fraction of sp³-hybridized carbons (Fsp3) is 0.667. The van der Waals surface area contributed by atoms with Crippen molar-refractivity contribution >= 4 is 27.9 Å². The molecule has 0 spiro atoms. The predicted molar refractivity (Wildman–Crippen MR) is 84.8 cm³/mol. The summed E-state index contributed by atoms with van der Waals surface area (Å²) in [5.41, 5.74) is 0. The number of hydrogen-bond acceptors (Lipinski definition) is 7. The topological polar surface area (TPSA) is 127 Å². The van der Waals surface area contributed by atoms with E-state index in [9.17, 15) is 22.8 Å². The standard InChI is InChI=1S/C15H21NO8S/c1-4-5-9-12-11(8(2)24-9)13(17)16(14(12)18)7-6-10(15(19)23-3)25(20,21)22/h4-5,8-12H,6-7H2,1-3H3,(H,20,21,22)/b5-4-. The summed E-state index contributed by atoms with van der Waals surface area (Å²) in [6, 6.07) is 0. The van der Waals surface area contributed by atoms with Crippen LogP contribution in [-0.2, 0) is 34.0 Å². The lowest BCUT2D eigenvalue weighted by molar-refractivity contribution is -0.145. The zero-order chi connectivity index (χ0) is 18.9. The summed E-state index contributed by atoms with van der Waals surface area (Å²) >= 11 is 0. The maximum atomic E-state index is 12.6. The molecule has 1 N–H and O–H groups in total. The highest BCUT2D eigenvalue weighted by Crippen LogP contribution is 2.41. The van der Waals surface area contributed by atoms with Gasteiger partial charge in [0.2, 0.25) is 11.8 Å². The second kappa shape index (κ2) is 7.22. The third-order valence-electron chi connectivity index (χ3n) is 4.54. The maximum absolute atomic E-state index is 12.6. The van der Waals surface area contributed by atoms with E-state index < -0.39 is 63.6 Å². The average molecular weight is 375 g/mol. The zero-order valence-electron chi connectivity index (χ0n) is 14.1. The molecule has 2 rings (SSSR count). The molecule has 25 heavy (non-hydrogen) atoms. The molecule has 5 unspecified atom stereocenters. The van der Waals surface area contributed by atoms with E-state index in [1.54, 1.807) is 26.0 Å². The van der Waals surface area contributed by atoms with Crippen LogP contribution in [0.1, 0.15) is 20.3 Å². The summed E-state index contributed by atoms with van der Waals surface area (Å²) < 4.78 is 41.8. The first-order chi connectivity index (χ1) is 11.6. The van der Waals surface area contributed by atoms with Crippen LogP contribution in [0.4, 0.5) is 0 Å². The van der Waals surface area contributed by atoms with Gasteiger partial charge in [0.25, 0.3) is 10.1 Å². The number of methoxy groups -OCH3 is 1. The number of fused-ring (bicyclic) bond motifs is 1. The van der Waals surface area contributed by atoms with Gasteiger partial charge in [-0.1, -0.05) is 12.2 Å². The number of allylic oxidation sites excluding steroid dienone is 1. The third kappa shape index (κ3) is 3.60. The molecule has 2 aliphatic heterocycles. The molecule has 10 heteroatoms. The van der Waals surface area contributed by atoms with Gasteiger partial charge >= 0.3 is 5.97 Å². The summed E-state index contributed by atoms with van der Waals surface area (Å²) in [5.74, 6) is -3.39. The van der Waals surface area contributed by atoms with Gasteiger partial charge in [-0.25, -0.2) is 0 Å². The maximum Gasteiger partial charge on any atom is 0.326 e. The Morgan fingerprint density at radius 3 is 2.48 bits per heavy atom. The van der Waals surface area contributed by atoms with Gasteiger partial charge in [0, 0.05) is 6.54 Å². The third-order valence-corrected chi connectivity index (χ3v) is 5.69. The summed E-state index contributed by atoms with van der Waals surface area (Å²) in [4.78, 5) is 37.6. The molecule has 0 aliphatic carbocycles. The van der Waals surface area contributed by atoms with Crippen molar-refractivity contribution in [3.8, 4) is 0 Å². The first kappa shape index (κ1) is 19.5. The van der Waals surface area contributed by atoms with E-state index in [-0.39, 0.29) is 6.54 Å². The number of carbonyl (C=O) groups excluding carboxylic acids is 3. The van der Waals surface area contributed by atoms with Crippen molar-refractivity contribution in [2.24, 2.45) is 11.8 Å². The van der Waals surface area contributed by atoms with Crippen molar-refractivity contribution in [3.63, 3.8) is 0 Å². The molecule has 140 valence electrons. The molecule has 0 bridgehead atoms. The fourth-order valence-electron chi connectivity index (χ4n) is 3.37. The number of rotatable bonds is 6. The molecule has 0 aromatic heterocycles. The molecule has 9 nitrogen and oxygen atoms in total. The lowest BCUT2D eigenvalue weighted by Gasteiger charge is -2.20.